The van der Waals surface area contributed by atoms with E-state index in [0.717, 1.165) is 17.5 Å². The van der Waals surface area contributed by atoms with E-state index in [1.807, 2.05) is 39.8 Å². The first-order valence-corrected chi connectivity index (χ1v) is 8.06. The molecule has 0 aliphatic rings. The zero-order chi connectivity index (χ0) is 17.8. The molecular formula is C19H30N2O2. The Balaban J connectivity index is 2.55. The smallest absolute Gasteiger partial charge is 0.251 e. The average molecular weight is 318 g/mol. The van der Waals surface area contributed by atoms with Gasteiger partial charge in [-0.2, -0.15) is 0 Å². The maximum absolute atomic E-state index is 12.1. The molecule has 0 aliphatic heterocycles. The van der Waals surface area contributed by atoms with Gasteiger partial charge in [0.25, 0.3) is 5.91 Å². The van der Waals surface area contributed by atoms with Gasteiger partial charge in [-0.05, 0) is 62.8 Å². The lowest BCUT2D eigenvalue weighted by Gasteiger charge is -2.33. The summed E-state index contributed by atoms with van der Waals surface area (Å²) in [5, 5.41) is 5.67. The third-order valence-corrected chi connectivity index (χ3v) is 3.63. The second kappa shape index (κ2) is 7.16. The van der Waals surface area contributed by atoms with Crippen LogP contribution < -0.4 is 10.6 Å². The van der Waals surface area contributed by atoms with E-state index >= 15 is 0 Å². The fourth-order valence-corrected chi connectivity index (χ4v) is 2.94. The van der Waals surface area contributed by atoms with Gasteiger partial charge in [0.1, 0.15) is 0 Å². The van der Waals surface area contributed by atoms with Crippen LogP contribution in [0.2, 0.25) is 0 Å². The largest absolute Gasteiger partial charge is 0.350 e. The van der Waals surface area contributed by atoms with Gasteiger partial charge in [-0.15, -0.1) is 0 Å². The minimum atomic E-state index is -0.305. The van der Waals surface area contributed by atoms with E-state index in [1.165, 1.54) is 0 Å². The van der Waals surface area contributed by atoms with Crippen molar-refractivity contribution >= 4 is 11.8 Å². The molecule has 0 heterocycles. The molecule has 128 valence electrons. The number of hydrogen-bond acceptors (Lipinski definition) is 2. The van der Waals surface area contributed by atoms with Crippen molar-refractivity contribution in [3.63, 3.8) is 0 Å². The van der Waals surface area contributed by atoms with Crippen LogP contribution in [0.4, 0.5) is 0 Å². The van der Waals surface area contributed by atoms with Gasteiger partial charge in [-0.1, -0.05) is 26.8 Å². The first kappa shape index (κ1) is 19.2. The van der Waals surface area contributed by atoms with E-state index in [4.69, 9.17) is 0 Å². The predicted octanol–water partition coefficient (Wildman–Crippen LogP) is 3.36. The lowest BCUT2D eigenvalue weighted by molar-refractivity contribution is -0.122. The molecule has 0 fully saturated rings. The molecular weight excluding hydrogens is 288 g/mol. The second-order valence-corrected chi connectivity index (χ2v) is 8.15. The Kier molecular flexibility index (Phi) is 5.98. The Morgan fingerprint density at radius 1 is 1.00 bits per heavy atom. The summed E-state index contributed by atoms with van der Waals surface area (Å²) in [6.45, 7) is 14.4. The Morgan fingerprint density at radius 2 is 1.61 bits per heavy atom. The van der Waals surface area contributed by atoms with Crippen LogP contribution in [0.15, 0.2) is 18.2 Å². The van der Waals surface area contributed by atoms with Crippen LogP contribution in [0.5, 0.6) is 0 Å². The maximum atomic E-state index is 12.1. The molecule has 0 unspecified atom stereocenters. The summed E-state index contributed by atoms with van der Waals surface area (Å²) in [4.78, 5) is 24.2. The zero-order valence-electron chi connectivity index (χ0n) is 15.5. The highest BCUT2D eigenvalue weighted by Crippen LogP contribution is 2.26. The summed E-state index contributed by atoms with van der Waals surface area (Å²) in [6.07, 6.45) is 0.858. The van der Waals surface area contributed by atoms with Gasteiger partial charge in [0.15, 0.2) is 0 Å². The molecule has 2 N–H and O–H groups in total. The molecule has 0 bridgehead atoms. The third kappa shape index (κ3) is 6.85. The van der Waals surface area contributed by atoms with Crippen LogP contribution in [0.3, 0.4) is 0 Å². The molecule has 0 aliphatic carbocycles. The molecule has 1 rings (SSSR count). The molecule has 0 aromatic heterocycles. The topological polar surface area (TPSA) is 58.2 Å². The number of benzene rings is 1. The molecule has 1 aromatic carbocycles. The monoisotopic (exact) mass is 318 g/mol. The van der Waals surface area contributed by atoms with E-state index in [0.29, 0.717) is 5.56 Å². The van der Waals surface area contributed by atoms with Gasteiger partial charge in [0.2, 0.25) is 5.91 Å². The Labute approximate surface area is 140 Å². The fourth-order valence-electron chi connectivity index (χ4n) is 2.94. The van der Waals surface area contributed by atoms with Crippen molar-refractivity contribution in [2.24, 2.45) is 5.41 Å². The van der Waals surface area contributed by atoms with Crippen molar-refractivity contribution in [2.75, 3.05) is 6.54 Å². The summed E-state index contributed by atoms with van der Waals surface area (Å²) in [5.41, 5.74) is 2.60. The molecule has 23 heavy (non-hydrogen) atoms. The van der Waals surface area contributed by atoms with Crippen molar-refractivity contribution in [3.8, 4) is 0 Å². The first-order chi connectivity index (χ1) is 10.4. The summed E-state index contributed by atoms with van der Waals surface area (Å²) in [5.74, 6) is -0.395. The number of amides is 2. The quantitative estimate of drug-likeness (QED) is 0.874. The first-order valence-electron chi connectivity index (χ1n) is 8.06. The Bertz CT molecular complexity index is 584. The number of carbonyl (C=O) groups is 2. The van der Waals surface area contributed by atoms with Crippen LogP contribution in [0.25, 0.3) is 0 Å². The molecule has 0 atom stereocenters. The van der Waals surface area contributed by atoms with Crippen LogP contribution in [0.1, 0.15) is 62.5 Å². The van der Waals surface area contributed by atoms with Crippen molar-refractivity contribution in [1.82, 2.24) is 10.6 Å². The van der Waals surface area contributed by atoms with Gasteiger partial charge >= 0.3 is 0 Å². The highest BCUT2D eigenvalue weighted by molar-refractivity contribution is 5.96. The number of nitrogens with one attached hydrogen (secondary N) is 2. The van der Waals surface area contributed by atoms with Gasteiger partial charge in [0, 0.05) is 11.1 Å². The SMILES string of the molecule is Cc1ccc(C(=O)NCC(=O)NC(C)(C)CC(C)(C)C)cc1C. The van der Waals surface area contributed by atoms with E-state index < -0.39 is 0 Å². The van der Waals surface area contributed by atoms with Crippen molar-refractivity contribution in [3.05, 3.63) is 34.9 Å². The fraction of sp³-hybridized carbons (Fsp3) is 0.579. The molecule has 1 aromatic rings. The molecule has 0 spiro atoms. The lowest BCUT2D eigenvalue weighted by atomic mass is 9.82. The molecule has 0 radical (unpaired) electrons. The highest BCUT2D eigenvalue weighted by Gasteiger charge is 2.26. The van der Waals surface area contributed by atoms with E-state index in [2.05, 4.69) is 31.4 Å². The molecule has 2 amide bonds. The van der Waals surface area contributed by atoms with Crippen LogP contribution >= 0.6 is 0 Å². The molecule has 4 nitrogen and oxygen atoms in total. The van der Waals surface area contributed by atoms with Gasteiger partial charge in [0.05, 0.1) is 6.54 Å². The normalized spacial score (nSPS) is 12.0. The summed E-state index contributed by atoms with van der Waals surface area (Å²) in [7, 11) is 0. The van der Waals surface area contributed by atoms with E-state index in [-0.39, 0.29) is 29.3 Å². The standard InChI is InChI=1S/C19H30N2O2/c1-13-8-9-15(10-14(13)2)17(23)20-11-16(22)21-19(6,7)12-18(3,4)5/h8-10H,11-12H2,1-7H3,(H,20,23)(H,21,22). The number of carbonyl (C=O) groups excluding carboxylic acids is 2. The van der Waals surface area contributed by atoms with Crippen LogP contribution in [-0.4, -0.2) is 23.9 Å². The summed E-state index contributed by atoms with van der Waals surface area (Å²) >= 11 is 0. The van der Waals surface area contributed by atoms with Crippen molar-refractivity contribution in [1.29, 1.82) is 0 Å². The second-order valence-electron chi connectivity index (χ2n) is 8.15. The van der Waals surface area contributed by atoms with Gasteiger partial charge in [-0.25, -0.2) is 0 Å². The third-order valence-electron chi connectivity index (χ3n) is 3.63. The average Bonchev–Trinajstić information content (AvgIpc) is 2.35. The molecule has 0 saturated heterocycles. The van der Waals surface area contributed by atoms with Crippen molar-refractivity contribution < 1.29 is 9.59 Å². The lowest BCUT2D eigenvalue weighted by Crippen LogP contribution is -2.49. The van der Waals surface area contributed by atoms with Gasteiger partial charge in [-0.3, -0.25) is 9.59 Å². The number of hydrogen-bond donors (Lipinski definition) is 2. The Morgan fingerprint density at radius 3 is 2.13 bits per heavy atom. The van der Waals surface area contributed by atoms with Crippen LogP contribution in [-0.2, 0) is 4.79 Å². The highest BCUT2D eigenvalue weighted by atomic mass is 16.2. The maximum Gasteiger partial charge on any atom is 0.251 e. The minimum absolute atomic E-state index is 0.0146. The zero-order valence-corrected chi connectivity index (χ0v) is 15.5. The molecule has 4 heteroatoms. The predicted molar refractivity (Wildman–Crippen MR) is 94.5 cm³/mol. The van der Waals surface area contributed by atoms with E-state index in [1.54, 1.807) is 6.07 Å². The number of aryl methyl sites for hydroxylation is 2. The van der Waals surface area contributed by atoms with Crippen molar-refractivity contribution in [2.45, 2.75) is 60.4 Å². The Hall–Kier alpha value is -1.84. The van der Waals surface area contributed by atoms with Crippen LogP contribution in [0, 0.1) is 19.3 Å². The van der Waals surface area contributed by atoms with Gasteiger partial charge < -0.3 is 10.6 Å². The summed E-state index contributed by atoms with van der Waals surface area (Å²) < 4.78 is 0. The minimum Gasteiger partial charge on any atom is -0.350 e. The number of rotatable bonds is 5. The van der Waals surface area contributed by atoms with E-state index in [9.17, 15) is 9.59 Å². The summed E-state index contributed by atoms with van der Waals surface area (Å²) in [6, 6.07) is 5.53. The molecule has 0 saturated carbocycles.